The highest BCUT2D eigenvalue weighted by atomic mass is 79.9. The maximum atomic E-state index is 12.1. The van der Waals surface area contributed by atoms with Crippen LogP contribution in [-0.4, -0.2) is 29.0 Å². The summed E-state index contributed by atoms with van der Waals surface area (Å²) in [6, 6.07) is 17.0. The predicted molar refractivity (Wildman–Crippen MR) is 104 cm³/mol. The number of amides is 1. The molecule has 0 saturated carbocycles. The molecule has 0 aliphatic heterocycles. The number of hydrogen-bond acceptors (Lipinski definition) is 4. The van der Waals surface area contributed by atoms with E-state index in [0.717, 1.165) is 21.3 Å². The van der Waals surface area contributed by atoms with Crippen LogP contribution in [0.25, 0.3) is 0 Å². The Bertz CT molecular complexity index is 919. The molecule has 3 rings (SSSR count). The van der Waals surface area contributed by atoms with Crippen LogP contribution >= 0.6 is 15.9 Å². The number of ether oxygens (including phenoxy) is 1. The lowest BCUT2D eigenvalue weighted by atomic mass is 10.2. The first-order valence-electron chi connectivity index (χ1n) is 7.89. The number of carbonyl (C=O) groups is 1. The van der Waals surface area contributed by atoms with Gasteiger partial charge in [-0.2, -0.15) is 10.2 Å². The molecular formula is C19H17BrN4O2. The summed E-state index contributed by atoms with van der Waals surface area (Å²) in [4.78, 5) is 12.1. The topological polar surface area (TPSA) is 68.5 Å². The van der Waals surface area contributed by atoms with Gasteiger partial charge in [-0.25, -0.2) is 5.43 Å². The fourth-order valence-electron chi connectivity index (χ4n) is 2.29. The van der Waals surface area contributed by atoms with Gasteiger partial charge in [-0.3, -0.25) is 9.48 Å². The van der Waals surface area contributed by atoms with Gasteiger partial charge in [0.1, 0.15) is 5.75 Å². The number of nitrogens with zero attached hydrogens (tertiary/aromatic N) is 3. The van der Waals surface area contributed by atoms with Gasteiger partial charge in [-0.05, 0) is 41.5 Å². The average Bonchev–Trinajstić information content (AvgIpc) is 3.12. The van der Waals surface area contributed by atoms with Crippen molar-refractivity contribution >= 4 is 28.1 Å². The third-order valence-corrected chi connectivity index (χ3v) is 4.13. The van der Waals surface area contributed by atoms with Crippen molar-refractivity contribution < 1.29 is 9.53 Å². The first kappa shape index (κ1) is 17.9. The summed E-state index contributed by atoms with van der Waals surface area (Å²) in [7, 11) is 1.60. The molecule has 1 aromatic heterocycles. The molecule has 0 unspecified atom stereocenters. The Morgan fingerprint density at radius 1 is 1.27 bits per heavy atom. The first-order chi connectivity index (χ1) is 12.6. The lowest BCUT2D eigenvalue weighted by Crippen LogP contribution is -2.18. The summed E-state index contributed by atoms with van der Waals surface area (Å²) in [5, 5.41) is 8.24. The van der Waals surface area contributed by atoms with E-state index in [1.165, 1.54) is 0 Å². The molecule has 0 aliphatic carbocycles. The zero-order chi connectivity index (χ0) is 18.4. The van der Waals surface area contributed by atoms with Crippen molar-refractivity contribution in [2.24, 2.45) is 5.10 Å². The highest BCUT2D eigenvalue weighted by molar-refractivity contribution is 9.10. The molecule has 0 radical (unpaired) electrons. The maximum absolute atomic E-state index is 12.1. The number of methoxy groups -OCH3 is 1. The Balaban J connectivity index is 1.59. The third-order valence-electron chi connectivity index (χ3n) is 3.60. The van der Waals surface area contributed by atoms with Crippen LogP contribution in [0.1, 0.15) is 21.6 Å². The zero-order valence-corrected chi connectivity index (χ0v) is 15.7. The van der Waals surface area contributed by atoms with Crippen molar-refractivity contribution in [2.75, 3.05) is 7.11 Å². The molecule has 2 aromatic carbocycles. The number of halogens is 1. The van der Waals surface area contributed by atoms with Crippen molar-refractivity contribution in [1.29, 1.82) is 0 Å². The largest absolute Gasteiger partial charge is 0.497 e. The van der Waals surface area contributed by atoms with Crippen LogP contribution in [0.5, 0.6) is 5.75 Å². The standard InChI is InChI=1S/C19H17BrN4O2/c1-26-17-4-2-3-15(11-17)12-21-22-19(25)18-9-10-24(23-18)13-14-5-7-16(20)8-6-14/h2-12H,13H2,1H3,(H,22,25). The predicted octanol–water partition coefficient (Wildman–Crippen LogP) is 3.47. The third kappa shape index (κ3) is 4.80. The molecule has 0 spiro atoms. The minimum atomic E-state index is -0.362. The molecule has 0 fully saturated rings. The van der Waals surface area contributed by atoms with Crippen LogP contribution < -0.4 is 10.2 Å². The normalized spacial score (nSPS) is 10.8. The van der Waals surface area contributed by atoms with E-state index in [4.69, 9.17) is 4.74 Å². The summed E-state index contributed by atoms with van der Waals surface area (Å²) in [6.45, 7) is 0.591. The molecule has 3 aromatic rings. The SMILES string of the molecule is COc1cccc(C=NNC(=O)c2ccn(Cc3ccc(Br)cc3)n2)c1. The van der Waals surface area contributed by atoms with Gasteiger partial charge in [-0.15, -0.1) is 0 Å². The smallest absolute Gasteiger partial charge is 0.291 e. The molecule has 0 atom stereocenters. The van der Waals surface area contributed by atoms with Crippen LogP contribution in [0.15, 0.2) is 70.4 Å². The fourth-order valence-corrected chi connectivity index (χ4v) is 2.56. The zero-order valence-electron chi connectivity index (χ0n) is 14.1. The molecule has 1 heterocycles. The molecule has 132 valence electrons. The Hall–Kier alpha value is -2.93. The molecule has 26 heavy (non-hydrogen) atoms. The van der Waals surface area contributed by atoms with Gasteiger partial charge < -0.3 is 4.74 Å². The molecule has 0 aliphatic rings. The van der Waals surface area contributed by atoms with E-state index in [1.807, 2.05) is 48.5 Å². The van der Waals surface area contributed by atoms with Gasteiger partial charge in [0.25, 0.3) is 5.91 Å². The van der Waals surface area contributed by atoms with E-state index >= 15 is 0 Å². The minimum absolute atomic E-state index is 0.310. The van der Waals surface area contributed by atoms with Gasteiger partial charge in [0.05, 0.1) is 19.9 Å². The lowest BCUT2D eigenvalue weighted by molar-refractivity contribution is 0.0949. The maximum Gasteiger partial charge on any atom is 0.291 e. The second kappa shape index (κ2) is 8.44. The molecular weight excluding hydrogens is 396 g/mol. The molecule has 1 N–H and O–H groups in total. The first-order valence-corrected chi connectivity index (χ1v) is 8.69. The van der Waals surface area contributed by atoms with Gasteiger partial charge in [0.2, 0.25) is 0 Å². The number of carbonyl (C=O) groups excluding carboxylic acids is 1. The van der Waals surface area contributed by atoms with Crippen molar-refractivity contribution in [3.05, 3.63) is 82.1 Å². The summed E-state index contributed by atoms with van der Waals surface area (Å²) in [5.74, 6) is 0.366. The fraction of sp³-hybridized carbons (Fsp3) is 0.105. The molecule has 0 bridgehead atoms. The Morgan fingerprint density at radius 3 is 2.85 bits per heavy atom. The number of hydrogen-bond donors (Lipinski definition) is 1. The van der Waals surface area contributed by atoms with E-state index in [2.05, 4.69) is 31.6 Å². The summed E-state index contributed by atoms with van der Waals surface area (Å²) >= 11 is 3.41. The van der Waals surface area contributed by atoms with E-state index < -0.39 is 0 Å². The Labute approximate surface area is 159 Å². The van der Waals surface area contributed by atoms with E-state index in [-0.39, 0.29) is 5.91 Å². The van der Waals surface area contributed by atoms with Crippen LogP contribution in [-0.2, 0) is 6.54 Å². The highest BCUT2D eigenvalue weighted by Crippen LogP contribution is 2.12. The van der Waals surface area contributed by atoms with Gasteiger partial charge in [0, 0.05) is 10.7 Å². The summed E-state index contributed by atoms with van der Waals surface area (Å²) in [5.41, 5.74) is 4.71. The molecule has 1 amide bonds. The molecule has 6 nitrogen and oxygen atoms in total. The van der Waals surface area contributed by atoms with Gasteiger partial charge in [-0.1, -0.05) is 40.2 Å². The monoisotopic (exact) mass is 412 g/mol. The molecule has 0 saturated heterocycles. The number of nitrogens with one attached hydrogen (secondary N) is 1. The summed E-state index contributed by atoms with van der Waals surface area (Å²) in [6.07, 6.45) is 3.32. The minimum Gasteiger partial charge on any atom is -0.497 e. The van der Waals surface area contributed by atoms with Crippen LogP contribution in [0.3, 0.4) is 0 Å². The number of benzene rings is 2. The van der Waals surface area contributed by atoms with Crippen molar-refractivity contribution in [1.82, 2.24) is 15.2 Å². The van der Waals surface area contributed by atoms with E-state index in [9.17, 15) is 4.79 Å². The second-order valence-corrected chi connectivity index (χ2v) is 6.42. The quantitative estimate of drug-likeness (QED) is 0.497. The van der Waals surface area contributed by atoms with Gasteiger partial charge in [0.15, 0.2) is 5.69 Å². The van der Waals surface area contributed by atoms with E-state index in [0.29, 0.717) is 12.2 Å². The van der Waals surface area contributed by atoms with Crippen molar-refractivity contribution in [3.8, 4) is 5.75 Å². The van der Waals surface area contributed by atoms with Crippen LogP contribution in [0, 0.1) is 0 Å². The van der Waals surface area contributed by atoms with Gasteiger partial charge >= 0.3 is 0 Å². The van der Waals surface area contributed by atoms with Crippen molar-refractivity contribution in [3.63, 3.8) is 0 Å². The lowest BCUT2D eigenvalue weighted by Gasteiger charge is -2.02. The van der Waals surface area contributed by atoms with E-state index in [1.54, 1.807) is 30.3 Å². The van der Waals surface area contributed by atoms with Crippen LogP contribution in [0.2, 0.25) is 0 Å². The molecule has 7 heteroatoms. The Morgan fingerprint density at radius 2 is 2.08 bits per heavy atom. The van der Waals surface area contributed by atoms with Crippen LogP contribution in [0.4, 0.5) is 0 Å². The Kier molecular flexibility index (Phi) is 5.80. The highest BCUT2D eigenvalue weighted by Gasteiger charge is 2.08. The number of aromatic nitrogens is 2. The summed E-state index contributed by atoms with van der Waals surface area (Å²) < 4.78 is 7.88. The number of rotatable bonds is 6. The number of hydrazone groups is 1. The van der Waals surface area contributed by atoms with Crippen molar-refractivity contribution in [2.45, 2.75) is 6.54 Å². The second-order valence-electron chi connectivity index (χ2n) is 5.50. The average molecular weight is 413 g/mol.